The number of hydrogen-bond donors (Lipinski definition) is 3. The van der Waals surface area contributed by atoms with Crippen LogP contribution in [0.4, 0.5) is 0 Å². The summed E-state index contributed by atoms with van der Waals surface area (Å²) in [6.07, 6.45) is 88.5. The average Bonchev–Trinajstić information content (AvgIpc) is 3.37. The molecule has 71 heavy (non-hydrogen) atoms. The first-order valence-corrected chi connectivity index (χ1v) is 32.0. The Morgan fingerprint density at radius 2 is 0.592 bits per heavy atom. The quantitative estimate of drug-likeness (QED) is 0.0420. The summed E-state index contributed by atoms with van der Waals surface area (Å²) >= 11 is 0. The highest BCUT2D eigenvalue weighted by Gasteiger charge is 2.18. The summed E-state index contributed by atoms with van der Waals surface area (Å²) in [6.45, 7) is 4.33. The van der Waals surface area contributed by atoms with Crippen molar-refractivity contribution in [2.24, 2.45) is 0 Å². The van der Waals surface area contributed by atoms with Crippen LogP contribution in [0.1, 0.15) is 341 Å². The maximum absolute atomic E-state index is 12.5. The van der Waals surface area contributed by atoms with E-state index in [1.807, 2.05) is 6.08 Å². The zero-order valence-corrected chi connectivity index (χ0v) is 48.0. The minimum Gasteiger partial charge on any atom is -0.394 e. The smallest absolute Gasteiger partial charge is 0.220 e. The van der Waals surface area contributed by atoms with Crippen LogP contribution in [0.2, 0.25) is 0 Å². The van der Waals surface area contributed by atoms with Crippen LogP contribution in [-0.4, -0.2) is 34.9 Å². The molecule has 0 spiro atoms. The van der Waals surface area contributed by atoms with Gasteiger partial charge in [0.2, 0.25) is 5.91 Å². The van der Waals surface area contributed by atoms with Gasteiger partial charge in [0.15, 0.2) is 0 Å². The molecule has 0 radical (unpaired) electrons. The van der Waals surface area contributed by atoms with E-state index in [4.69, 9.17) is 0 Å². The molecule has 0 aliphatic rings. The van der Waals surface area contributed by atoms with Crippen LogP contribution in [0.25, 0.3) is 0 Å². The third kappa shape index (κ3) is 58.8. The number of allylic oxidation sites excluding steroid dienone is 9. The van der Waals surface area contributed by atoms with Crippen molar-refractivity contribution >= 4 is 5.91 Å². The Labute approximate surface area is 445 Å². The van der Waals surface area contributed by atoms with E-state index in [1.54, 1.807) is 6.08 Å². The zero-order chi connectivity index (χ0) is 51.3. The van der Waals surface area contributed by atoms with Crippen molar-refractivity contribution < 1.29 is 15.0 Å². The number of amides is 1. The second-order valence-corrected chi connectivity index (χ2v) is 21.8. The Morgan fingerprint density at radius 3 is 0.901 bits per heavy atom. The van der Waals surface area contributed by atoms with Crippen molar-refractivity contribution in [2.45, 2.75) is 353 Å². The molecule has 4 heteroatoms. The van der Waals surface area contributed by atoms with E-state index >= 15 is 0 Å². The van der Waals surface area contributed by atoms with Crippen LogP contribution < -0.4 is 5.32 Å². The summed E-state index contributed by atoms with van der Waals surface area (Å²) in [4.78, 5) is 12.5. The molecule has 0 aliphatic heterocycles. The molecule has 0 aliphatic carbocycles. The van der Waals surface area contributed by atoms with Gasteiger partial charge in [0.05, 0.1) is 18.8 Å². The maximum Gasteiger partial charge on any atom is 0.220 e. The Kier molecular flexibility index (Phi) is 60.7. The summed E-state index contributed by atoms with van der Waals surface area (Å²) in [5, 5.41) is 23.2. The molecule has 416 valence electrons. The van der Waals surface area contributed by atoms with Gasteiger partial charge in [-0.1, -0.05) is 319 Å². The number of carbonyl (C=O) groups excluding carboxylic acids is 1. The summed E-state index contributed by atoms with van der Waals surface area (Å²) in [6, 6.07) is -0.648. The number of aliphatic hydroxyl groups excluding tert-OH is 2. The first-order chi connectivity index (χ1) is 35.2. The van der Waals surface area contributed by atoms with Crippen LogP contribution in [0.5, 0.6) is 0 Å². The molecule has 0 saturated carbocycles. The van der Waals surface area contributed by atoms with E-state index in [9.17, 15) is 15.0 Å². The lowest BCUT2D eigenvalue weighted by Gasteiger charge is -2.19. The van der Waals surface area contributed by atoms with E-state index in [0.29, 0.717) is 6.42 Å². The first kappa shape index (κ1) is 69.1. The second kappa shape index (κ2) is 62.4. The second-order valence-electron chi connectivity index (χ2n) is 21.8. The molecule has 1 amide bonds. The van der Waals surface area contributed by atoms with Crippen LogP contribution in [-0.2, 0) is 4.79 Å². The van der Waals surface area contributed by atoms with E-state index in [-0.39, 0.29) is 12.5 Å². The van der Waals surface area contributed by atoms with Gasteiger partial charge in [-0.15, -0.1) is 0 Å². The van der Waals surface area contributed by atoms with Crippen LogP contribution >= 0.6 is 0 Å². The third-order valence-electron chi connectivity index (χ3n) is 14.7. The van der Waals surface area contributed by atoms with E-state index in [1.165, 1.54) is 276 Å². The van der Waals surface area contributed by atoms with Crippen LogP contribution in [0, 0.1) is 0 Å². The molecule has 0 rings (SSSR count). The molecule has 0 bridgehead atoms. The number of aliphatic hydroxyl groups is 2. The standard InChI is InChI=1S/C67H125NO3/c1-3-5-7-9-11-13-15-17-19-21-23-25-27-29-30-31-32-33-34-35-36-37-38-39-41-43-45-47-49-51-53-55-57-59-61-63-67(71)68-65(64-69)66(70)62-60-58-56-54-52-50-48-46-44-42-40-28-26-24-22-20-18-16-14-12-10-8-6-4-2/h27,29,31-32,44,46,52,54,60,62,65-66,69-70H,3-26,28,30,33-43,45,47-51,53,55-59,61,63-64H2,1-2H3,(H,68,71)/b29-27-,32-31-,46-44+,54-52+,62-60+. The molecule has 2 unspecified atom stereocenters. The van der Waals surface area contributed by atoms with E-state index in [2.05, 4.69) is 67.8 Å². The van der Waals surface area contributed by atoms with Crippen molar-refractivity contribution in [3.8, 4) is 0 Å². The van der Waals surface area contributed by atoms with Gasteiger partial charge in [0, 0.05) is 6.42 Å². The van der Waals surface area contributed by atoms with Crippen LogP contribution in [0.15, 0.2) is 60.8 Å². The summed E-state index contributed by atoms with van der Waals surface area (Å²) in [5.74, 6) is -0.0741. The highest BCUT2D eigenvalue weighted by molar-refractivity contribution is 5.76. The number of nitrogens with one attached hydrogen (secondary N) is 1. The zero-order valence-electron chi connectivity index (χ0n) is 48.0. The lowest BCUT2D eigenvalue weighted by atomic mass is 10.0. The minimum absolute atomic E-state index is 0.0741. The lowest BCUT2D eigenvalue weighted by molar-refractivity contribution is -0.123. The third-order valence-corrected chi connectivity index (χ3v) is 14.7. The highest BCUT2D eigenvalue weighted by atomic mass is 16.3. The summed E-state index contributed by atoms with van der Waals surface area (Å²) < 4.78 is 0. The fourth-order valence-corrected chi connectivity index (χ4v) is 9.83. The van der Waals surface area contributed by atoms with Gasteiger partial charge in [-0.05, 0) is 77.0 Å². The molecule has 0 aromatic carbocycles. The van der Waals surface area contributed by atoms with Crippen molar-refractivity contribution in [2.75, 3.05) is 6.61 Å². The molecule has 3 N–H and O–H groups in total. The summed E-state index contributed by atoms with van der Waals surface area (Å²) in [7, 11) is 0. The molecular formula is C67H125NO3. The molecule has 0 saturated heterocycles. The molecule has 0 aromatic rings. The SMILES string of the molecule is CCCCCCCCCCCCC/C=C\C/C=C\CCCCCCCCCCCCCCCCCCCC(=O)NC(CO)C(O)/C=C/CC/C=C/CC/C=C/CCCCCCCCCCCCCCCC. The molecule has 0 fully saturated rings. The Morgan fingerprint density at radius 1 is 0.338 bits per heavy atom. The van der Waals surface area contributed by atoms with Gasteiger partial charge in [-0.2, -0.15) is 0 Å². The van der Waals surface area contributed by atoms with Gasteiger partial charge < -0.3 is 15.5 Å². The predicted molar refractivity (Wildman–Crippen MR) is 318 cm³/mol. The van der Waals surface area contributed by atoms with Crippen molar-refractivity contribution in [3.63, 3.8) is 0 Å². The Balaban J connectivity index is 3.50. The molecule has 0 aromatic heterocycles. The van der Waals surface area contributed by atoms with Gasteiger partial charge in [0.25, 0.3) is 0 Å². The Hall–Kier alpha value is -1.91. The van der Waals surface area contributed by atoms with Gasteiger partial charge >= 0.3 is 0 Å². The lowest BCUT2D eigenvalue weighted by Crippen LogP contribution is -2.45. The van der Waals surface area contributed by atoms with Crippen LogP contribution in [0.3, 0.4) is 0 Å². The molecule has 2 atom stereocenters. The van der Waals surface area contributed by atoms with Crippen molar-refractivity contribution in [1.29, 1.82) is 0 Å². The molecule has 0 heterocycles. The topological polar surface area (TPSA) is 69.6 Å². The van der Waals surface area contributed by atoms with E-state index in [0.717, 1.165) is 44.9 Å². The number of unbranched alkanes of at least 4 members (excludes halogenated alkanes) is 44. The molecular weight excluding hydrogens is 867 g/mol. The summed E-state index contributed by atoms with van der Waals surface area (Å²) in [5.41, 5.74) is 0. The average molecular weight is 993 g/mol. The number of carbonyl (C=O) groups is 1. The molecule has 4 nitrogen and oxygen atoms in total. The van der Waals surface area contributed by atoms with Crippen molar-refractivity contribution in [1.82, 2.24) is 5.32 Å². The fraction of sp³-hybridized carbons (Fsp3) is 0.836. The minimum atomic E-state index is -0.873. The normalized spacial score (nSPS) is 13.1. The number of rotatable bonds is 59. The van der Waals surface area contributed by atoms with Gasteiger partial charge in [-0.25, -0.2) is 0 Å². The van der Waals surface area contributed by atoms with Gasteiger partial charge in [-0.3, -0.25) is 4.79 Å². The fourth-order valence-electron chi connectivity index (χ4n) is 9.83. The van der Waals surface area contributed by atoms with Gasteiger partial charge in [0.1, 0.15) is 0 Å². The highest BCUT2D eigenvalue weighted by Crippen LogP contribution is 2.17. The van der Waals surface area contributed by atoms with Crippen molar-refractivity contribution in [3.05, 3.63) is 60.8 Å². The maximum atomic E-state index is 12.5. The largest absolute Gasteiger partial charge is 0.394 e. The monoisotopic (exact) mass is 992 g/mol. The Bertz CT molecular complexity index is 1170. The first-order valence-electron chi connectivity index (χ1n) is 32.0. The predicted octanol–water partition coefficient (Wildman–Crippen LogP) is 21.5. The van der Waals surface area contributed by atoms with E-state index < -0.39 is 12.1 Å². The number of hydrogen-bond acceptors (Lipinski definition) is 3.